The van der Waals surface area contributed by atoms with Crippen molar-refractivity contribution in [3.8, 4) is 17.1 Å². The Kier molecular flexibility index (Phi) is 4.15. The van der Waals surface area contributed by atoms with Crippen LogP contribution in [0.2, 0.25) is 0 Å². The highest BCUT2D eigenvalue weighted by Gasteiger charge is 2.09. The Morgan fingerprint density at radius 1 is 1.39 bits per heavy atom. The first kappa shape index (κ1) is 12.8. The highest BCUT2D eigenvalue weighted by Crippen LogP contribution is 2.25. The Bertz CT molecular complexity index is 516. The molecule has 0 aliphatic carbocycles. The number of hydrogen-bond donors (Lipinski definition) is 0. The predicted octanol–water partition coefficient (Wildman–Crippen LogP) is 3.72. The van der Waals surface area contributed by atoms with Gasteiger partial charge in [-0.1, -0.05) is 12.1 Å². The molecule has 0 saturated carbocycles. The van der Waals surface area contributed by atoms with Gasteiger partial charge < -0.3 is 9.15 Å². The maximum absolute atomic E-state index is 12.1. The number of hydrogen-bond acceptors (Lipinski definition) is 3. The third-order valence-corrected chi connectivity index (χ3v) is 2.39. The quantitative estimate of drug-likeness (QED) is 0.779. The van der Waals surface area contributed by atoms with E-state index < -0.39 is 6.61 Å². The Labute approximate surface area is 107 Å². The number of alkyl halides is 3. The minimum absolute atomic E-state index is 0.0813. The average Bonchev–Trinajstić information content (AvgIpc) is 2.78. The first-order valence-corrected chi connectivity index (χ1v) is 5.78. The molecule has 0 aliphatic heterocycles. The second kappa shape index (κ2) is 5.82. The zero-order valence-corrected chi connectivity index (χ0v) is 10.0. The van der Waals surface area contributed by atoms with Crippen molar-refractivity contribution in [2.45, 2.75) is 13.0 Å². The van der Waals surface area contributed by atoms with E-state index in [4.69, 9.17) is 16.0 Å². The highest BCUT2D eigenvalue weighted by molar-refractivity contribution is 6.17. The van der Waals surface area contributed by atoms with Crippen LogP contribution in [-0.4, -0.2) is 17.5 Å². The van der Waals surface area contributed by atoms with E-state index in [2.05, 4.69) is 9.72 Å². The number of oxazole rings is 1. The molecule has 18 heavy (non-hydrogen) atoms. The summed E-state index contributed by atoms with van der Waals surface area (Å²) < 4.78 is 33.9. The van der Waals surface area contributed by atoms with Gasteiger partial charge in [-0.05, 0) is 12.1 Å². The van der Waals surface area contributed by atoms with E-state index in [9.17, 15) is 8.78 Å². The number of aryl methyl sites for hydroxylation is 1. The SMILES string of the molecule is FC(F)Oc1cccc(-c2cnc(CCCl)o2)c1. The fourth-order valence-corrected chi connectivity index (χ4v) is 1.63. The normalized spacial score (nSPS) is 10.9. The molecule has 0 amide bonds. The van der Waals surface area contributed by atoms with Crippen LogP contribution in [0.1, 0.15) is 5.89 Å². The summed E-state index contributed by atoms with van der Waals surface area (Å²) >= 11 is 5.57. The van der Waals surface area contributed by atoms with Crippen molar-refractivity contribution in [1.29, 1.82) is 0 Å². The lowest BCUT2D eigenvalue weighted by Gasteiger charge is -2.04. The van der Waals surface area contributed by atoms with Gasteiger partial charge in [0.15, 0.2) is 11.7 Å². The lowest BCUT2D eigenvalue weighted by Crippen LogP contribution is -2.01. The van der Waals surface area contributed by atoms with Crippen LogP contribution in [-0.2, 0) is 6.42 Å². The van der Waals surface area contributed by atoms with Crippen molar-refractivity contribution in [2.75, 3.05) is 5.88 Å². The van der Waals surface area contributed by atoms with Crippen LogP contribution in [0.15, 0.2) is 34.9 Å². The molecular formula is C12H10ClF2NO2. The van der Waals surface area contributed by atoms with Crippen LogP contribution in [0.25, 0.3) is 11.3 Å². The largest absolute Gasteiger partial charge is 0.441 e. The highest BCUT2D eigenvalue weighted by atomic mass is 35.5. The zero-order chi connectivity index (χ0) is 13.0. The Morgan fingerprint density at radius 3 is 2.94 bits per heavy atom. The number of ether oxygens (including phenoxy) is 1. The molecule has 1 aromatic carbocycles. The van der Waals surface area contributed by atoms with Gasteiger partial charge in [0.1, 0.15) is 5.75 Å². The van der Waals surface area contributed by atoms with E-state index >= 15 is 0 Å². The average molecular weight is 274 g/mol. The van der Waals surface area contributed by atoms with Crippen LogP contribution in [0.5, 0.6) is 5.75 Å². The molecule has 0 spiro atoms. The molecule has 0 unspecified atom stereocenters. The molecule has 0 atom stereocenters. The second-order valence-electron chi connectivity index (χ2n) is 3.46. The fraction of sp³-hybridized carbons (Fsp3) is 0.250. The lowest BCUT2D eigenvalue weighted by atomic mass is 10.2. The van der Waals surface area contributed by atoms with E-state index in [1.807, 2.05) is 0 Å². The van der Waals surface area contributed by atoms with Crippen molar-refractivity contribution < 1.29 is 17.9 Å². The molecule has 0 bridgehead atoms. The fourth-order valence-electron chi connectivity index (χ4n) is 1.47. The summed E-state index contributed by atoms with van der Waals surface area (Å²) in [5.74, 6) is 1.50. The minimum atomic E-state index is -2.85. The summed E-state index contributed by atoms with van der Waals surface area (Å²) in [7, 11) is 0. The lowest BCUT2D eigenvalue weighted by molar-refractivity contribution is -0.0498. The minimum Gasteiger partial charge on any atom is -0.441 e. The summed E-state index contributed by atoms with van der Waals surface area (Å²) in [4.78, 5) is 4.03. The first-order valence-electron chi connectivity index (χ1n) is 5.25. The van der Waals surface area contributed by atoms with Crippen molar-refractivity contribution in [2.24, 2.45) is 0 Å². The van der Waals surface area contributed by atoms with Gasteiger partial charge >= 0.3 is 6.61 Å². The first-order chi connectivity index (χ1) is 8.69. The van der Waals surface area contributed by atoms with Crippen LogP contribution in [0.4, 0.5) is 8.78 Å². The van der Waals surface area contributed by atoms with Crippen LogP contribution in [0, 0.1) is 0 Å². The van der Waals surface area contributed by atoms with Crippen LogP contribution < -0.4 is 4.74 Å². The van der Waals surface area contributed by atoms with Gasteiger partial charge in [-0.15, -0.1) is 11.6 Å². The third-order valence-electron chi connectivity index (χ3n) is 2.21. The number of nitrogens with zero attached hydrogens (tertiary/aromatic N) is 1. The summed E-state index contributed by atoms with van der Waals surface area (Å²) in [6, 6.07) is 6.25. The summed E-state index contributed by atoms with van der Waals surface area (Å²) in [6.07, 6.45) is 2.05. The zero-order valence-electron chi connectivity index (χ0n) is 9.28. The maximum atomic E-state index is 12.1. The van der Waals surface area contributed by atoms with E-state index in [-0.39, 0.29) is 5.75 Å². The molecule has 2 rings (SSSR count). The van der Waals surface area contributed by atoms with Gasteiger partial charge in [0, 0.05) is 17.9 Å². The van der Waals surface area contributed by atoms with Crippen molar-refractivity contribution >= 4 is 11.6 Å². The third kappa shape index (κ3) is 3.20. The predicted molar refractivity (Wildman–Crippen MR) is 63.0 cm³/mol. The van der Waals surface area contributed by atoms with E-state index in [1.54, 1.807) is 12.1 Å². The molecule has 2 aromatic rings. The Morgan fingerprint density at radius 2 is 2.22 bits per heavy atom. The summed E-state index contributed by atoms with van der Waals surface area (Å²) in [6.45, 7) is -2.85. The summed E-state index contributed by atoms with van der Waals surface area (Å²) in [5, 5.41) is 0. The number of rotatable bonds is 5. The second-order valence-corrected chi connectivity index (χ2v) is 3.84. The van der Waals surface area contributed by atoms with Gasteiger partial charge in [-0.3, -0.25) is 0 Å². The summed E-state index contributed by atoms with van der Waals surface area (Å²) in [5.41, 5.74) is 0.626. The van der Waals surface area contributed by atoms with Crippen molar-refractivity contribution in [1.82, 2.24) is 4.98 Å². The van der Waals surface area contributed by atoms with Gasteiger partial charge in [0.2, 0.25) is 0 Å². The molecule has 0 aliphatic rings. The van der Waals surface area contributed by atoms with Gasteiger partial charge in [0.25, 0.3) is 0 Å². The molecule has 1 aromatic heterocycles. The van der Waals surface area contributed by atoms with Crippen molar-refractivity contribution in [3.05, 3.63) is 36.4 Å². The molecule has 0 N–H and O–H groups in total. The van der Waals surface area contributed by atoms with Gasteiger partial charge in [-0.25, -0.2) is 4.98 Å². The Hall–Kier alpha value is -1.62. The molecule has 0 fully saturated rings. The monoisotopic (exact) mass is 273 g/mol. The van der Waals surface area contributed by atoms with E-state index in [1.165, 1.54) is 18.3 Å². The number of benzene rings is 1. The van der Waals surface area contributed by atoms with Gasteiger partial charge in [0.05, 0.1) is 6.20 Å². The van der Waals surface area contributed by atoms with E-state index in [0.717, 1.165) is 0 Å². The maximum Gasteiger partial charge on any atom is 0.387 e. The number of halogens is 3. The topological polar surface area (TPSA) is 35.3 Å². The van der Waals surface area contributed by atoms with Gasteiger partial charge in [-0.2, -0.15) is 8.78 Å². The molecule has 6 heteroatoms. The molecule has 96 valence electrons. The Balaban J connectivity index is 2.21. The molecule has 1 heterocycles. The smallest absolute Gasteiger partial charge is 0.387 e. The standard InChI is InChI=1S/C12H10ClF2NO2/c13-5-4-11-16-7-10(18-11)8-2-1-3-9(6-8)17-12(14)15/h1-3,6-7,12H,4-5H2. The van der Waals surface area contributed by atoms with Crippen LogP contribution >= 0.6 is 11.6 Å². The molecular weight excluding hydrogens is 264 g/mol. The van der Waals surface area contributed by atoms with Crippen molar-refractivity contribution in [3.63, 3.8) is 0 Å². The number of aromatic nitrogens is 1. The molecule has 0 radical (unpaired) electrons. The van der Waals surface area contributed by atoms with E-state index in [0.29, 0.717) is 29.5 Å². The van der Waals surface area contributed by atoms with Crippen LogP contribution in [0.3, 0.4) is 0 Å². The molecule has 3 nitrogen and oxygen atoms in total. The molecule has 0 saturated heterocycles.